The van der Waals surface area contributed by atoms with E-state index in [0.29, 0.717) is 22.4 Å². The fraction of sp³-hybridized carbons (Fsp3) is 0.318. The largest absolute Gasteiger partial charge is 0.449 e. The van der Waals surface area contributed by atoms with Gasteiger partial charge in [-0.15, -0.1) is 0 Å². The number of amides is 3. The summed E-state index contributed by atoms with van der Waals surface area (Å²) < 4.78 is 6.99. The Morgan fingerprint density at radius 3 is 2.58 bits per heavy atom. The minimum Gasteiger partial charge on any atom is -0.449 e. The highest BCUT2D eigenvalue weighted by Gasteiger charge is 2.27. The molecule has 4 rings (SSSR count). The summed E-state index contributed by atoms with van der Waals surface area (Å²) in [6.07, 6.45) is 0.648. The van der Waals surface area contributed by atoms with E-state index in [0.717, 1.165) is 18.4 Å². The Kier molecular flexibility index (Phi) is 5.41. The summed E-state index contributed by atoms with van der Waals surface area (Å²) in [5.41, 5.74) is 2.84. The number of esters is 1. The molecule has 160 valence electrons. The lowest BCUT2D eigenvalue weighted by Crippen LogP contribution is -2.45. The molecule has 0 aliphatic heterocycles. The van der Waals surface area contributed by atoms with Crippen LogP contribution in [0.4, 0.5) is 4.79 Å². The van der Waals surface area contributed by atoms with Gasteiger partial charge in [-0.2, -0.15) is 5.10 Å². The van der Waals surface area contributed by atoms with Crippen molar-refractivity contribution in [1.82, 2.24) is 25.4 Å². The van der Waals surface area contributed by atoms with Crippen LogP contribution in [0.5, 0.6) is 0 Å². The molecule has 0 saturated heterocycles. The molecule has 2 N–H and O–H groups in total. The van der Waals surface area contributed by atoms with Crippen LogP contribution in [-0.4, -0.2) is 44.8 Å². The van der Waals surface area contributed by atoms with Gasteiger partial charge in [0.2, 0.25) is 0 Å². The molecule has 1 aliphatic rings. The van der Waals surface area contributed by atoms with E-state index in [9.17, 15) is 14.4 Å². The maximum absolute atomic E-state index is 13.0. The minimum absolute atomic E-state index is 0.112. The Morgan fingerprint density at radius 2 is 1.90 bits per heavy atom. The van der Waals surface area contributed by atoms with Crippen molar-refractivity contribution in [2.75, 3.05) is 0 Å². The summed E-state index contributed by atoms with van der Waals surface area (Å²) >= 11 is 0. The first kappa shape index (κ1) is 20.5. The van der Waals surface area contributed by atoms with E-state index in [4.69, 9.17) is 4.74 Å². The van der Waals surface area contributed by atoms with Crippen LogP contribution in [0.2, 0.25) is 0 Å². The average molecular weight is 421 g/mol. The van der Waals surface area contributed by atoms with Crippen molar-refractivity contribution in [2.45, 2.75) is 38.8 Å². The number of hydrogen-bond donors (Lipinski definition) is 2. The van der Waals surface area contributed by atoms with Crippen LogP contribution in [0.15, 0.2) is 36.4 Å². The van der Waals surface area contributed by atoms with Crippen molar-refractivity contribution in [3.8, 4) is 11.3 Å². The predicted molar refractivity (Wildman–Crippen MR) is 113 cm³/mol. The summed E-state index contributed by atoms with van der Waals surface area (Å²) in [5.74, 6) is -1.38. The van der Waals surface area contributed by atoms with E-state index in [1.54, 1.807) is 24.7 Å². The SMILES string of the molecule is Cc1nn(C)c2nc(-c3ccccc3)cc(C(=O)OC(C)C(=O)NC(=O)NC3CC3)c12. The van der Waals surface area contributed by atoms with Gasteiger partial charge in [0.05, 0.1) is 22.3 Å². The number of nitrogens with zero attached hydrogens (tertiary/aromatic N) is 3. The molecule has 0 radical (unpaired) electrons. The number of nitrogens with one attached hydrogen (secondary N) is 2. The highest BCUT2D eigenvalue weighted by atomic mass is 16.5. The first-order valence-electron chi connectivity index (χ1n) is 10.1. The molecule has 1 fully saturated rings. The number of carbonyl (C=O) groups excluding carboxylic acids is 3. The highest BCUT2D eigenvalue weighted by Crippen LogP contribution is 2.27. The molecule has 31 heavy (non-hydrogen) atoms. The zero-order valence-corrected chi connectivity index (χ0v) is 17.5. The second-order valence-corrected chi connectivity index (χ2v) is 7.61. The van der Waals surface area contributed by atoms with Gasteiger partial charge in [-0.05, 0) is 32.8 Å². The van der Waals surface area contributed by atoms with Crippen LogP contribution in [0.1, 0.15) is 35.8 Å². The van der Waals surface area contributed by atoms with Gasteiger partial charge in [0.1, 0.15) is 0 Å². The molecule has 1 aliphatic carbocycles. The van der Waals surface area contributed by atoms with Crippen molar-refractivity contribution < 1.29 is 19.1 Å². The Labute approximate surface area is 178 Å². The van der Waals surface area contributed by atoms with Gasteiger partial charge in [0.15, 0.2) is 11.8 Å². The maximum atomic E-state index is 13.0. The van der Waals surface area contributed by atoms with Crippen LogP contribution in [0, 0.1) is 6.92 Å². The molecular formula is C22H23N5O4. The van der Waals surface area contributed by atoms with Crippen LogP contribution in [0.3, 0.4) is 0 Å². The second-order valence-electron chi connectivity index (χ2n) is 7.61. The third-order valence-electron chi connectivity index (χ3n) is 5.06. The first-order chi connectivity index (χ1) is 14.8. The number of benzene rings is 1. The van der Waals surface area contributed by atoms with Crippen LogP contribution in [0.25, 0.3) is 22.3 Å². The van der Waals surface area contributed by atoms with E-state index >= 15 is 0 Å². The third kappa shape index (κ3) is 4.40. The molecule has 9 heteroatoms. The van der Waals surface area contributed by atoms with Crippen molar-refractivity contribution >= 4 is 28.9 Å². The van der Waals surface area contributed by atoms with Crippen LogP contribution < -0.4 is 10.6 Å². The fourth-order valence-electron chi connectivity index (χ4n) is 3.30. The molecule has 9 nitrogen and oxygen atoms in total. The number of hydrogen-bond acceptors (Lipinski definition) is 6. The van der Waals surface area contributed by atoms with Gasteiger partial charge in [0.25, 0.3) is 5.91 Å². The van der Waals surface area contributed by atoms with Crippen molar-refractivity contribution in [2.24, 2.45) is 7.05 Å². The second kappa shape index (κ2) is 8.17. The summed E-state index contributed by atoms with van der Waals surface area (Å²) in [6.45, 7) is 3.20. The highest BCUT2D eigenvalue weighted by molar-refractivity contribution is 6.06. The number of rotatable bonds is 5. The lowest BCUT2D eigenvalue weighted by molar-refractivity contribution is -0.127. The number of carbonyl (C=O) groups is 3. The number of aryl methyl sites for hydroxylation is 2. The average Bonchev–Trinajstić information content (AvgIpc) is 3.51. The number of ether oxygens (including phenoxy) is 1. The van der Waals surface area contributed by atoms with E-state index in [2.05, 4.69) is 20.7 Å². The van der Waals surface area contributed by atoms with Crippen molar-refractivity contribution in [1.29, 1.82) is 0 Å². The number of aromatic nitrogens is 3. The zero-order chi connectivity index (χ0) is 22.1. The van der Waals surface area contributed by atoms with Gasteiger partial charge in [-0.1, -0.05) is 30.3 Å². The summed E-state index contributed by atoms with van der Waals surface area (Å²) in [5, 5.41) is 9.79. The molecule has 0 bridgehead atoms. The molecule has 3 aromatic rings. The lowest BCUT2D eigenvalue weighted by Gasteiger charge is -2.14. The van der Waals surface area contributed by atoms with E-state index in [1.165, 1.54) is 6.92 Å². The van der Waals surface area contributed by atoms with E-state index < -0.39 is 24.0 Å². The predicted octanol–water partition coefficient (Wildman–Crippen LogP) is 2.48. The molecule has 1 unspecified atom stereocenters. The van der Waals surface area contributed by atoms with Crippen LogP contribution in [-0.2, 0) is 16.6 Å². The lowest BCUT2D eigenvalue weighted by atomic mass is 10.1. The van der Waals surface area contributed by atoms with E-state index in [-0.39, 0.29) is 11.6 Å². The Hall–Kier alpha value is -3.75. The topological polar surface area (TPSA) is 115 Å². The van der Waals surface area contributed by atoms with Gasteiger partial charge < -0.3 is 10.1 Å². The number of urea groups is 1. The third-order valence-corrected chi connectivity index (χ3v) is 5.06. The molecule has 2 aromatic heterocycles. The molecule has 1 atom stereocenters. The molecule has 2 heterocycles. The zero-order valence-electron chi connectivity index (χ0n) is 17.5. The Bertz CT molecular complexity index is 1170. The number of fused-ring (bicyclic) bond motifs is 1. The first-order valence-corrected chi connectivity index (χ1v) is 10.1. The van der Waals surface area contributed by atoms with E-state index in [1.807, 2.05) is 30.3 Å². The monoisotopic (exact) mass is 421 g/mol. The number of pyridine rings is 1. The van der Waals surface area contributed by atoms with Crippen molar-refractivity contribution in [3.05, 3.63) is 47.7 Å². The summed E-state index contributed by atoms with van der Waals surface area (Å²) in [7, 11) is 1.75. The fourth-order valence-corrected chi connectivity index (χ4v) is 3.30. The number of imide groups is 1. The Balaban J connectivity index is 1.60. The standard InChI is InChI=1S/C22H23N5O4/c1-12-18-16(21(29)31-13(2)20(28)25-22(30)23-15-9-10-15)11-17(14-7-5-4-6-8-14)24-19(18)27(3)26-12/h4-8,11,13,15H,9-10H2,1-3H3,(H2,23,25,28,30). The summed E-state index contributed by atoms with van der Waals surface area (Å²) in [6, 6.07) is 10.6. The molecule has 3 amide bonds. The molecule has 0 spiro atoms. The smallest absolute Gasteiger partial charge is 0.339 e. The van der Waals surface area contributed by atoms with Gasteiger partial charge >= 0.3 is 12.0 Å². The van der Waals surface area contributed by atoms with Crippen LogP contribution >= 0.6 is 0 Å². The normalized spacial score (nSPS) is 14.2. The maximum Gasteiger partial charge on any atom is 0.339 e. The Morgan fingerprint density at radius 1 is 1.19 bits per heavy atom. The minimum atomic E-state index is -1.15. The van der Waals surface area contributed by atoms with Crippen molar-refractivity contribution in [3.63, 3.8) is 0 Å². The van der Waals surface area contributed by atoms with Gasteiger partial charge in [-0.3, -0.25) is 14.8 Å². The molecule has 1 aromatic carbocycles. The molecular weight excluding hydrogens is 398 g/mol. The van der Waals surface area contributed by atoms with Gasteiger partial charge in [-0.25, -0.2) is 14.6 Å². The quantitative estimate of drug-likeness (QED) is 0.612. The summed E-state index contributed by atoms with van der Waals surface area (Å²) in [4.78, 5) is 41.7. The van der Waals surface area contributed by atoms with Gasteiger partial charge in [0, 0.05) is 18.7 Å². The molecule has 1 saturated carbocycles.